The van der Waals surface area contributed by atoms with Gasteiger partial charge >= 0.3 is 5.97 Å². The van der Waals surface area contributed by atoms with Gasteiger partial charge in [-0.3, -0.25) is 14.5 Å². The molecule has 0 aliphatic carbocycles. The van der Waals surface area contributed by atoms with Gasteiger partial charge in [0.15, 0.2) is 0 Å². The third-order valence-corrected chi connectivity index (χ3v) is 6.30. The fourth-order valence-electron chi connectivity index (χ4n) is 3.73. The van der Waals surface area contributed by atoms with Crippen LogP contribution < -0.4 is 4.74 Å². The van der Waals surface area contributed by atoms with Gasteiger partial charge in [-0.15, -0.1) is 11.8 Å². The van der Waals surface area contributed by atoms with Crippen LogP contribution in [-0.4, -0.2) is 40.0 Å². The topological polar surface area (TPSA) is 76.6 Å². The van der Waals surface area contributed by atoms with Crippen molar-refractivity contribution in [2.24, 2.45) is 0 Å². The summed E-state index contributed by atoms with van der Waals surface area (Å²) in [6, 6.07) is 22.2. The lowest BCUT2D eigenvalue weighted by molar-refractivity contribution is -0.136. The predicted molar refractivity (Wildman–Crippen MR) is 127 cm³/mol. The quantitative estimate of drug-likeness (QED) is 0.139. The van der Waals surface area contributed by atoms with Crippen LogP contribution in [-0.2, 0) is 9.59 Å². The Balaban J connectivity index is 1.31. The normalized spacial score (nSPS) is 13.3. The number of para-hydroxylation sites is 2. The zero-order chi connectivity index (χ0) is 22.8. The van der Waals surface area contributed by atoms with Crippen molar-refractivity contribution in [3.05, 3.63) is 90.5 Å². The van der Waals surface area contributed by atoms with Gasteiger partial charge in [0.1, 0.15) is 5.75 Å². The molecule has 0 N–H and O–H groups in total. The Morgan fingerprint density at radius 2 is 1.39 bits per heavy atom. The van der Waals surface area contributed by atoms with E-state index >= 15 is 0 Å². The van der Waals surface area contributed by atoms with Crippen LogP contribution in [0.1, 0.15) is 10.4 Å². The Bertz CT molecular complexity index is 1360. The van der Waals surface area contributed by atoms with Gasteiger partial charge in [-0.2, -0.15) is 0 Å². The fraction of sp³-hybridized carbons (Fsp3) is 0.0769. The van der Waals surface area contributed by atoms with Crippen LogP contribution in [0.2, 0.25) is 0 Å². The SMILES string of the molecule is O=C(Oc1ccc(SCCN2C(=O)C=CC2=O)cc1)c1c2ccccc2nc2ccccc12. The van der Waals surface area contributed by atoms with E-state index in [9.17, 15) is 14.4 Å². The van der Waals surface area contributed by atoms with Crippen LogP contribution in [0.15, 0.2) is 89.8 Å². The van der Waals surface area contributed by atoms with E-state index in [1.54, 1.807) is 12.1 Å². The van der Waals surface area contributed by atoms with Crippen LogP contribution in [0.4, 0.5) is 0 Å². The molecule has 0 spiro atoms. The molecule has 0 unspecified atom stereocenters. The Morgan fingerprint density at radius 3 is 2.00 bits per heavy atom. The fourth-order valence-corrected chi connectivity index (χ4v) is 4.57. The zero-order valence-corrected chi connectivity index (χ0v) is 18.2. The first-order valence-electron chi connectivity index (χ1n) is 10.4. The molecule has 5 rings (SSSR count). The Kier molecular flexibility index (Phi) is 5.62. The van der Waals surface area contributed by atoms with Crippen molar-refractivity contribution in [3.8, 4) is 5.75 Å². The maximum absolute atomic E-state index is 13.2. The lowest BCUT2D eigenvalue weighted by Crippen LogP contribution is -2.31. The van der Waals surface area contributed by atoms with E-state index in [0.29, 0.717) is 23.6 Å². The molecule has 33 heavy (non-hydrogen) atoms. The number of carbonyl (C=O) groups excluding carboxylic acids is 3. The highest BCUT2D eigenvalue weighted by molar-refractivity contribution is 7.99. The summed E-state index contributed by atoms with van der Waals surface area (Å²) >= 11 is 1.52. The molecular weight excluding hydrogens is 436 g/mol. The third kappa shape index (κ3) is 4.23. The first kappa shape index (κ1) is 20.9. The van der Waals surface area contributed by atoms with Gasteiger partial charge in [0.25, 0.3) is 11.8 Å². The monoisotopic (exact) mass is 454 g/mol. The van der Waals surface area contributed by atoms with Gasteiger partial charge < -0.3 is 4.74 Å². The highest BCUT2D eigenvalue weighted by Crippen LogP contribution is 2.28. The summed E-state index contributed by atoms with van der Waals surface area (Å²) in [5, 5.41) is 1.49. The molecular formula is C26H18N2O4S. The third-order valence-electron chi connectivity index (χ3n) is 5.31. The number of thioether (sulfide) groups is 1. The summed E-state index contributed by atoms with van der Waals surface area (Å²) in [6.45, 7) is 0.342. The number of nitrogens with zero attached hydrogens (tertiary/aromatic N) is 2. The van der Waals surface area contributed by atoms with Gasteiger partial charge in [-0.25, -0.2) is 9.78 Å². The number of aromatic nitrogens is 1. The van der Waals surface area contributed by atoms with Crippen LogP contribution in [0, 0.1) is 0 Å². The van der Waals surface area contributed by atoms with Crippen LogP contribution >= 0.6 is 11.8 Å². The predicted octanol–water partition coefficient (Wildman–Crippen LogP) is 4.62. The number of esters is 1. The van der Waals surface area contributed by atoms with Crippen LogP contribution in [0.5, 0.6) is 5.75 Å². The van der Waals surface area contributed by atoms with Crippen molar-refractivity contribution in [1.82, 2.24) is 9.88 Å². The van der Waals surface area contributed by atoms with Gasteiger partial charge in [0, 0.05) is 40.1 Å². The van der Waals surface area contributed by atoms with Crippen LogP contribution in [0.3, 0.4) is 0 Å². The van der Waals surface area contributed by atoms with Gasteiger partial charge in [0.05, 0.1) is 16.6 Å². The average Bonchev–Trinajstić information content (AvgIpc) is 3.15. The van der Waals surface area contributed by atoms with E-state index in [1.807, 2.05) is 60.7 Å². The minimum absolute atomic E-state index is 0.279. The Hall–Kier alpha value is -3.97. The molecule has 4 aromatic rings. The highest BCUT2D eigenvalue weighted by atomic mass is 32.2. The van der Waals surface area contributed by atoms with Crippen molar-refractivity contribution in [1.29, 1.82) is 0 Å². The number of rotatable bonds is 6. The molecule has 1 aliphatic rings. The number of benzene rings is 3. The minimum atomic E-state index is -0.441. The molecule has 2 amide bonds. The van der Waals surface area contributed by atoms with E-state index in [0.717, 1.165) is 26.7 Å². The number of amides is 2. The molecule has 1 aromatic heterocycles. The first-order valence-corrected chi connectivity index (χ1v) is 11.3. The number of hydrogen-bond acceptors (Lipinski definition) is 6. The summed E-state index contributed by atoms with van der Waals surface area (Å²) in [5.74, 6) is 0.0121. The molecule has 0 atom stereocenters. The molecule has 0 fully saturated rings. The van der Waals surface area contributed by atoms with Crippen molar-refractivity contribution < 1.29 is 19.1 Å². The van der Waals surface area contributed by atoms with E-state index in [-0.39, 0.29) is 11.8 Å². The second-order valence-corrected chi connectivity index (χ2v) is 8.56. The minimum Gasteiger partial charge on any atom is -0.423 e. The number of fused-ring (bicyclic) bond motifs is 2. The molecule has 2 heterocycles. The number of ether oxygens (including phenoxy) is 1. The number of hydrogen-bond donors (Lipinski definition) is 0. The lowest BCUT2D eigenvalue weighted by atomic mass is 10.0. The van der Waals surface area contributed by atoms with Crippen molar-refractivity contribution in [2.45, 2.75) is 4.90 Å². The molecule has 6 nitrogen and oxygen atoms in total. The van der Waals surface area contributed by atoms with Crippen LogP contribution in [0.25, 0.3) is 21.8 Å². The summed E-state index contributed by atoms with van der Waals surface area (Å²) < 4.78 is 5.70. The van der Waals surface area contributed by atoms with Gasteiger partial charge in [0.2, 0.25) is 0 Å². The number of pyridine rings is 1. The standard InChI is InChI=1S/C26H18N2O4S/c29-23-13-14-24(30)28(23)15-16-33-18-11-9-17(10-12-18)32-26(31)25-19-5-1-3-7-21(19)27-22-8-4-2-6-20(22)25/h1-14H,15-16H2. The molecule has 3 aromatic carbocycles. The summed E-state index contributed by atoms with van der Waals surface area (Å²) in [7, 11) is 0. The van der Waals surface area contributed by atoms with Crippen molar-refractivity contribution in [2.75, 3.05) is 12.3 Å². The smallest absolute Gasteiger partial charge is 0.344 e. The molecule has 0 saturated heterocycles. The molecule has 0 bridgehead atoms. The van der Waals surface area contributed by atoms with Crippen molar-refractivity contribution >= 4 is 51.4 Å². The van der Waals surface area contributed by atoms with E-state index in [4.69, 9.17) is 4.74 Å². The molecule has 1 aliphatic heterocycles. The molecule has 7 heteroatoms. The summed E-state index contributed by atoms with van der Waals surface area (Å²) in [4.78, 5) is 43.2. The highest BCUT2D eigenvalue weighted by Gasteiger charge is 2.22. The first-order chi connectivity index (χ1) is 16.1. The Morgan fingerprint density at radius 1 is 0.818 bits per heavy atom. The largest absolute Gasteiger partial charge is 0.423 e. The maximum atomic E-state index is 13.2. The second kappa shape index (κ2) is 8.88. The molecule has 162 valence electrons. The summed E-state index contributed by atoms with van der Waals surface area (Å²) in [5.41, 5.74) is 1.96. The Labute approximate surface area is 193 Å². The van der Waals surface area contributed by atoms with E-state index in [2.05, 4.69) is 4.98 Å². The number of imide groups is 1. The number of carbonyl (C=O) groups is 3. The van der Waals surface area contributed by atoms with E-state index < -0.39 is 5.97 Å². The molecule has 0 saturated carbocycles. The molecule has 0 radical (unpaired) electrons. The summed E-state index contributed by atoms with van der Waals surface area (Å²) in [6.07, 6.45) is 2.57. The van der Waals surface area contributed by atoms with Gasteiger partial charge in [-0.05, 0) is 36.4 Å². The van der Waals surface area contributed by atoms with Gasteiger partial charge in [-0.1, -0.05) is 36.4 Å². The zero-order valence-electron chi connectivity index (χ0n) is 17.4. The van der Waals surface area contributed by atoms with Crippen molar-refractivity contribution in [3.63, 3.8) is 0 Å². The second-order valence-electron chi connectivity index (χ2n) is 7.39. The maximum Gasteiger partial charge on any atom is 0.344 e. The lowest BCUT2D eigenvalue weighted by Gasteiger charge is -2.13. The average molecular weight is 455 g/mol. The van der Waals surface area contributed by atoms with E-state index in [1.165, 1.54) is 28.8 Å².